The third-order valence-corrected chi connectivity index (χ3v) is 5.74. The molecule has 2 aromatic carbocycles. The van der Waals surface area contributed by atoms with E-state index in [0.717, 1.165) is 11.1 Å². The van der Waals surface area contributed by atoms with E-state index in [1.54, 1.807) is 17.0 Å². The summed E-state index contributed by atoms with van der Waals surface area (Å²) in [7, 11) is 0. The molecule has 134 valence electrons. The molecule has 1 amide bonds. The topological polar surface area (TPSA) is 29.5 Å². The molecule has 7 heteroatoms. The molecule has 3 nitrogen and oxygen atoms in total. The summed E-state index contributed by atoms with van der Waals surface area (Å²) in [5.74, 6) is 0.675. The number of hydrogen-bond donors (Lipinski definition) is 0. The first-order chi connectivity index (χ1) is 12.5. The SMILES string of the molecule is CCN1C(=O)C(=Cc2ccc(OCc3ccc(Cl)cc3Cl)cc2)SC1=S. The Bertz CT molecular complexity index is 882. The monoisotopic (exact) mass is 423 g/mol. The Kier molecular flexibility index (Phi) is 6.24. The minimum atomic E-state index is -0.0415. The summed E-state index contributed by atoms with van der Waals surface area (Å²) in [6.07, 6.45) is 1.84. The zero-order valence-corrected chi connectivity index (χ0v) is 17.0. The maximum atomic E-state index is 12.2. The Balaban J connectivity index is 1.66. The quantitative estimate of drug-likeness (QED) is 0.449. The fraction of sp³-hybridized carbons (Fsp3) is 0.158. The van der Waals surface area contributed by atoms with Gasteiger partial charge in [0.05, 0.1) is 4.91 Å². The predicted molar refractivity (Wildman–Crippen MR) is 113 cm³/mol. The average molecular weight is 424 g/mol. The first-order valence-corrected chi connectivity index (χ1v) is 9.88. The highest BCUT2D eigenvalue weighted by molar-refractivity contribution is 8.26. The van der Waals surface area contributed by atoms with Crippen molar-refractivity contribution in [1.29, 1.82) is 0 Å². The van der Waals surface area contributed by atoms with Crippen LogP contribution in [-0.2, 0) is 11.4 Å². The van der Waals surface area contributed by atoms with Crippen LogP contribution >= 0.6 is 47.2 Å². The van der Waals surface area contributed by atoms with Crippen molar-refractivity contribution in [2.45, 2.75) is 13.5 Å². The number of nitrogens with zero attached hydrogens (tertiary/aromatic N) is 1. The molecule has 26 heavy (non-hydrogen) atoms. The Labute approximate surface area is 171 Å². The van der Waals surface area contributed by atoms with Crippen molar-refractivity contribution >= 4 is 63.5 Å². The number of benzene rings is 2. The second kappa shape index (κ2) is 8.44. The van der Waals surface area contributed by atoms with E-state index in [1.807, 2.05) is 43.3 Å². The van der Waals surface area contributed by atoms with Gasteiger partial charge in [0, 0.05) is 22.2 Å². The minimum absolute atomic E-state index is 0.0415. The molecule has 0 aliphatic carbocycles. The number of carbonyl (C=O) groups excluding carboxylic acids is 1. The fourth-order valence-corrected chi connectivity index (χ4v) is 4.23. The van der Waals surface area contributed by atoms with Gasteiger partial charge in [0.15, 0.2) is 0 Å². The lowest BCUT2D eigenvalue weighted by Gasteiger charge is -2.09. The Morgan fingerprint density at radius 2 is 1.92 bits per heavy atom. The lowest BCUT2D eigenvalue weighted by molar-refractivity contribution is -0.121. The maximum Gasteiger partial charge on any atom is 0.266 e. The Hall–Kier alpha value is -1.53. The normalized spacial score (nSPS) is 15.8. The molecule has 1 aliphatic heterocycles. The molecule has 0 spiro atoms. The highest BCUT2D eigenvalue weighted by atomic mass is 35.5. The number of thiocarbonyl (C=S) groups is 1. The Morgan fingerprint density at radius 3 is 2.54 bits per heavy atom. The third-order valence-electron chi connectivity index (χ3n) is 3.78. The van der Waals surface area contributed by atoms with Gasteiger partial charge in [-0.25, -0.2) is 0 Å². The van der Waals surface area contributed by atoms with Crippen molar-refractivity contribution in [3.63, 3.8) is 0 Å². The van der Waals surface area contributed by atoms with E-state index in [9.17, 15) is 4.79 Å². The maximum absolute atomic E-state index is 12.2. The van der Waals surface area contributed by atoms with E-state index in [4.69, 9.17) is 40.2 Å². The molecule has 0 saturated carbocycles. The van der Waals surface area contributed by atoms with Crippen molar-refractivity contribution < 1.29 is 9.53 Å². The molecule has 0 bridgehead atoms. The summed E-state index contributed by atoms with van der Waals surface area (Å²) < 4.78 is 6.36. The molecule has 1 fully saturated rings. The molecule has 3 rings (SSSR count). The molecule has 1 heterocycles. The summed E-state index contributed by atoms with van der Waals surface area (Å²) in [6.45, 7) is 2.85. The molecular formula is C19H15Cl2NO2S2. The molecule has 0 aromatic heterocycles. The average Bonchev–Trinajstić information content (AvgIpc) is 2.88. The van der Waals surface area contributed by atoms with Gasteiger partial charge in [-0.2, -0.15) is 0 Å². The van der Waals surface area contributed by atoms with Crippen molar-refractivity contribution in [2.75, 3.05) is 6.54 Å². The number of ether oxygens (including phenoxy) is 1. The van der Waals surface area contributed by atoms with Gasteiger partial charge in [0.2, 0.25) is 0 Å². The molecule has 1 aliphatic rings. The predicted octanol–water partition coefficient (Wildman–Crippen LogP) is 5.79. The molecule has 0 N–H and O–H groups in total. The van der Waals surface area contributed by atoms with E-state index in [0.29, 0.717) is 38.2 Å². The van der Waals surface area contributed by atoms with Crippen molar-refractivity contribution in [3.05, 3.63) is 68.5 Å². The number of thioether (sulfide) groups is 1. The van der Waals surface area contributed by atoms with Crippen molar-refractivity contribution in [1.82, 2.24) is 4.90 Å². The fourth-order valence-electron chi connectivity index (χ4n) is 2.38. The minimum Gasteiger partial charge on any atom is -0.489 e. The van der Waals surface area contributed by atoms with E-state index < -0.39 is 0 Å². The highest BCUT2D eigenvalue weighted by Crippen LogP contribution is 2.32. The van der Waals surface area contributed by atoms with Crippen LogP contribution in [0, 0.1) is 0 Å². The molecule has 1 saturated heterocycles. The summed E-state index contributed by atoms with van der Waals surface area (Å²) >= 11 is 18.6. The molecular weight excluding hydrogens is 409 g/mol. The lowest BCUT2D eigenvalue weighted by atomic mass is 10.2. The van der Waals surface area contributed by atoms with Crippen LogP contribution in [0.5, 0.6) is 5.75 Å². The van der Waals surface area contributed by atoms with E-state index in [2.05, 4.69) is 0 Å². The van der Waals surface area contributed by atoms with Gasteiger partial charge < -0.3 is 4.74 Å². The lowest BCUT2D eigenvalue weighted by Crippen LogP contribution is -2.27. The zero-order valence-electron chi connectivity index (χ0n) is 13.9. The largest absolute Gasteiger partial charge is 0.489 e. The zero-order chi connectivity index (χ0) is 18.7. The van der Waals surface area contributed by atoms with Gasteiger partial charge in [-0.3, -0.25) is 9.69 Å². The summed E-state index contributed by atoms with van der Waals surface area (Å²) in [6, 6.07) is 12.8. The molecule has 0 unspecified atom stereocenters. The van der Waals surface area contributed by atoms with Crippen LogP contribution in [0.3, 0.4) is 0 Å². The third kappa shape index (κ3) is 4.41. The van der Waals surface area contributed by atoms with Crippen molar-refractivity contribution in [2.24, 2.45) is 0 Å². The van der Waals surface area contributed by atoms with Gasteiger partial charge >= 0.3 is 0 Å². The van der Waals surface area contributed by atoms with Crippen LogP contribution < -0.4 is 4.74 Å². The van der Waals surface area contributed by atoms with E-state index >= 15 is 0 Å². The summed E-state index contributed by atoms with van der Waals surface area (Å²) in [5.41, 5.74) is 1.78. The number of rotatable bonds is 5. The number of amides is 1. The van der Waals surface area contributed by atoms with Gasteiger partial charge in [0.25, 0.3) is 5.91 Å². The molecule has 0 atom stereocenters. The van der Waals surface area contributed by atoms with E-state index in [-0.39, 0.29) is 5.91 Å². The second-order valence-corrected chi connectivity index (χ2v) is 8.04. The number of carbonyl (C=O) groups is 1. The van der Waals surface area contributed by atoms with Gasteiger partial charge in [-0.15, -0.1) is 0 Å². The van der Waals surface area contributed by atoms with Gasteiger partial charge in [-0.05, 0) is 42.8 Å². The Morgan fingerprint density at radius 1 is 1.19 bits per heavy atom. The number of likely N-dealkylation sites (N-methyl/N-ethyl adjacent to an activating group) is 1. The van der Waals surface area contributed by atoms with Crippen LogP contribution in [0.1, 0.15) is 18.1 Å². The molecule has 2 aromatic rings. The van der Waals surface area contributed by atoms with Gasteiger partial charge in [-0.1, -0.05) is 65.4 Å². The summed E-state index contributed by atoms with van der Waals surface area (Å²) in [5, 5.41) is 1.17. The van der Waals surface area contributed by atoms with Crippen LogP contribution in [0.4, 0.5) is 0 Å². The highest BCUT2D eigenvalue weighted by Gasteiger charge is 2.30. The van der Waals surface area contributed by atoms with Gasteiger partial charge in [0.1, 0.15) is 16.7 Å². The van der Waals surface area contributed by atoms with Crippen LogP contribution in [-0.4, -0.2) is 21.7 Å². The van der Waals surface area contributed by atoms with E-state index in [1.165, 1.54) is 11.8 Å². The number of halogens is 2. The first kappa shape index (κ1) is 19.2. The second-order valence-electron chi connectivity index (χ2n) is 5.52. The van der Waals surface area contributed by atoms with Crippen LogP contribution in [0.25, 0.3) is 6.08 Å². The van der Waals surface area contributed by atoms with Crippen LogP contribution in [0.15, 0.2) is 47.4 Å². The van der Waals surface area contributed by atoms with Crippen molar-refractivity contribution in [3.8, 4) is 5.75 Å². The molecule has 0 radical (unpaired) electrons. The van der Waals surface area contributed by atoms with Crippen LogP contribution in [0.2, 0.25) is 10.0 Å². The standard InChI is InChI=1S/C19H15Cl2NO2S2/c1-2-22-18(23)17(26-19(22)25)9-12-3-7-15(8-4-12)24-11-13-5-6-14(20)10-16(13)21/h3-10H,2,11H2,1H3. The first-order valence-electron chi connectivity index (χ1n) is 7.90. The smallest absolute Gasteiger partial charge is 0.266 e. The number of hydrogen-bond acceptors (Lipinski definition) is 4. The summed E-state index contributed by atoms with van der Waals surface area (Å²) in [4.78, 5) is 14.5.